The highest BCUT2D eigenvalue weighted by Crippen LogP contribution is 2.30. The summed E-state index contributed by atoms with van der Waals surface area (Å²) in [6.07, 6.45) is 2.62. The monoisotopic (exact) mass is 280 g/mol. The molecular weight excluding hydrogens is 252 g/mol. The van der Waals surface area contributed by atoms with E-state index in [-0.39, 0.29) is 6.10 Å². The third-order valence-electron chi connectivity index (χ3n) is 4.39. The fourth-order valence-electron chi connectivity index (χ4n) is 2.61. The molecule has 0 amide bonds. The predicted molar refractivity (Wildman–Crippen MR) is 84.1 cm³/mol. The zero-order valence-corrected chi connectivity index (χ0v) is 13.9. The Hall–Kier alpha value is -0.643. The molecule has 0 fully saturated rings. The van der Waals surface area contributed by atoms with Crippen molar-refractivity contribution in [2.45, 2.75) is 64.8 Å². The number of benzene rings is 1. The second kappa shape index (κ2) is 6.68. The normalized spacial score (nSPS) is 16.9. The first kappa shape index (κ1) is 16.4. The molecule has 3 heteroatoms. The Balaban J connectivity index is 3.25. The van der Waals surface area contributed by atoms with Crippen LogP contribution in [0, 0.1) is 0 Å². The van der Waals surface area contributed by atoms with Crippen LogP contribution in [0.4, 0.5) is 0 Å². The molecular formula is C16H28O2Si. The molecule has 0 aliphatic rings. The average molecular weight is 280 g/mol. The fourth-order valence-corrected chi connectivity index (χ4v) is 6.66. The van der Waals surface area contributed by atoms with Crippen molar-refractivity contribution >= 4 is 13.5 Å². The van der Waals surface area contributed by atoms with E-state index in [0.29, 0.717) is 0 Å². The van der Waals surface area contributed by atoms with Gasteiger partial charge in [-0.05, 0) is 37.9 Å². The molecule has 2 atom stereocenters. The van der Waals surface area contributed by atoms with Gasteiger partial charge in [0.1, 0.15) is 0 Å². The van der Waals surface area contributed by atoms with Gasteiger partial charge in [-0.2, -0.15) is 0 Å². The molecule has 0 bridgehead atoms. The maximum Gasteiger partial charge on any atom is 0.252 e. The lowest BCUT2D eigenvalue weighted by Crippen LogP contribution is -2.67. The van der Waals surface area contributed by atoms with Crippen molar-refractivity contribution < 1.29 is 9.53 Å². The molecule has 1 aromatic carbocycles. The zero-order valence-electron chi connectivity index (χ0n) is 12.9. The van der Waals surface area contributed by atoms with Crippen LogP contribution in [0.25, 0.3) is 0 Å². The van der Waals surface area contributed by atoms with Gasteiger partial charge in [0.25, 0.3) is 8.32 Å². The van der Waals surface area contributed by atoms with Crippen molar-refractivity contribution in [1.82, 2.24) is 0 Å². The highest BCUT2D eigenvalue weighted by molar-refractivity contribution is 6.87. The standard InChI is InChI=1S/C16H28O2Si/c1-6-14(4)18-19(5,16(17,7-2)8-3)15-12-10-9-11-13-15/h9-14,17H,6-8H2,1-5H3. The second-order valence-electron chi connectivity index (χ2n) is 5.47. The van der Waals surface area contributed by atoms with Crippen molar-refractivity contribution in [3.05, 3.63) is 30.3 Å². The molecule has 1 rings (SSSR count). The molecule has 0 aliphatic carbocycles. The Morgan fingerprint density at radius 1 is 1.16 bits per heavy atom. The van der Waals surface area contributed by atoms with Gasteiger partial charge in [0.2, 0.25) is 0 Å². The third kappa shape index (κ3) is 3.27. The summed E-state index contributed by atoms with van der Waals surface area (Å²) in [7, 11) is -2.41. The highest BCUT2D eigenvalue weighted by Gasteiger charge is 2.50. The first-order valence-electron chi connectivity index (χ1n) is 7.39. The third-order valence-corrected chi connectivity index (χ3v) is 9.19. The van der Waals surface area contributed by atoms with Crippen molar-refractivity contribution in [2.75, 3.05) is 0 Å². The van der Waals surface area contributed by atoms with Gasteiger partial charge in [-0.1, -0.05) is 51.1 Å². The van der Waals surface area contributed by atoms with Gasteiger partial charge in [-0.15, -0.1) is 0 Å². The molecule has 19 heavy (non-hydrogen) atoms. The molecule has 0 saturated carbocycles. The SMILES string of the molecule is CCC(C)O[Si](C)(c1ccccc1)C(O)(CC)CC. The summed E-state index contributed by atoms with van der Waals surface area (Å²) >= 11 is 0. The minimum atomic E-state index is -2.41. The lowest BCUT2D eigenvalue weighted by Gasteiger charge is -2.43. The smallest absolute Gasteiger partial charge is 0.252 e. The van der Waals surface area contributed by atoms with E-state index in [1.807, 2.05) is 18.2 Å². The summed E-state index contributed by atoms with van der Waals surface area (Å²) in [6, 6.07) is 10.3. The van der Waals surface area contributed by atoms with E-state index in [9.17, 15) is 5.11 Å². The summed E-state index contributed by atoms with van der Waals surface area (Å²) in [5, 5.41) is 11.6. The molecule has 2 nitrogen and oxygen atoms in total. The van der Waals surface area contributed by atoms with Crippen LogP contribution in [0.5, 0.6) is 0 Å². The van der Waals surface area contributed by atoms with Crippen molar-refractivity contribution in [2.24, 2.45) is 0 Å². The fraction of sp³-hybridized carbons (Fsp3) is 0.625. The highest BCUT2D eigenvalue weighted by atomic mass is 28.4. The first-order valence-corrected chi connectivity index (χ1v) is 9.80. The number of hydrogen-bond donors (Lipinski definition) is 1. The van der Waals surface area contributed by atoms with E-state index in [2.05, 4.69) is 46.4 Å². The van der Waals surface area contributed by atoms with Gasteiger partial charge in [0.05, 0.1) is 5.22 Å². The van der Waals surface area contributed by atoms with E-state index in [1.54, 1.807) is 0 Å². The lowest BCUT2D eigenvalue weighted by atomic mass is 10.2. The van der Waals surface area contributed by atoms with Crippen molar-refractivity contribution in [1.29, 1.82) is 0 Å². The maximum atomic E-state index is 11.1. The second-order valence-corrected chi connectivity index (χ2v) is 9.28. The minimum Gasteiger partial charge on any atom is -0.407 e. The Morgan fingerprint density at radius 2 is 1.68 bits per heavy atom. The van der Waals surface area contributed by atoms with Crippen LogP contribution >= 0.6 is 0 Å². The average Bonchev–Trinajstić information content (AvgIpc) is 2.46. The van der Waals surface area contributed by atoms with Gasteiger partial charge in [0, 0.05) is 6.10 Å². The molecule has 1 aromatic rings. The summed E-state index contributed by atoms with van der Waals surface area (Å²) < 4.78 is 6.41. The van der Waals surface area contributed by atoms with Gasteiger partial charge < -0.3 is 9.53 Å². The zero-order chi connectivity index (χ0) is 14.5. The van der Waals surface area contributed by atoms with E-state index < -0.39 is 13.5 Å². The van der Waals surface area contributed by atoms with Gasteiger partial charge >= 0.3 is 0 Å². The summed E-state index contributed by atoms with van der Waals surface area (Å²) in [5.74, 6) is 0. The molecule has 0 aromatic heterocycles. The summed E-state index contributed by atoms with van der Waals surface area (Å²) in [6.45, 7) is 10.5. The van der Waals surface area contributed by atoms with Crippen LogP contribution in [0.15, 0.2) is 30.3 Å². The van der Waals surface area contributed by atoms with Crippen LogP contribution in [-0.2, 0) is 4.43 Å². The number of rotatable bonds is 7. The molecule has 0 radical (unpaired) electrons. The molecule has 1 N–H and O–H groups in total. The molecule has 108 valence electrons. The molecule has 0 saturated heterocycles. The quantitative estimate of drug-likeness (QED) is 0.776. The Labute approximate surface area is 118 Å². The van der Waals surface area contributed by atoms with Gasteiger partial charge in [-0.25, -0.2) is 0 Å². The van der Waals surface area contributed by atoms with E-state index in [4.69, 9.17) is 4.43 Å². The first-order chi connectivity index (χ1) is 8.93. The summed E-state index contributed by atoms with van der Waals surface area (Å²) in [5.41, 5.74) is 0. The molecule has 0 aliphatic heterocycles. The van der Waals surface area contributed by atoms with Gasteiger partial charge in [0.15, 0.2) is 0 Å². The van der Waals surface area contributed by atoms with Crippen LogP contribution in [0.1, 0.15) is 47.0 Å². The molecule has 0 spiro atoms. The number of hydrogen-bond acceptors (Lipinski definition) is 2. The van der Waals surface area contributed by atoms with Crippen LogP contribution in [0.3, 0.4) is 0 Å². The van der Waals surface area contributed by atoms with Crippen LogP contribution in [-0.4, -0.2) is 24.8 Å². The maximum absolute atomic E-state index is 11.1. The lowest BCUT2D eigenvalue weighted by molar-refractivity contribution is 0.0673. The number of aliphatic hydroxyl groups is 1. The van der Waals surface area contributed by atoms with Crippen LogP contribution < -0.4 is 5.19 Å². The Kier molecular flexibility index (Phi) is 5.77. The van der Waals surface area contributed by atoms with E-state index >= 15 is 0 Å². The van der Waals surface area contributed by atoms with Crippen molar-refractivity contribution in [3.8, 4) is 0 Å². The largest absolute Gasteiger partial charge is 0.407 e. The van der Waals surface area contributed by atoms with Crippen molar-refractivity contribution in [3.63, 3.8) is 0 Å². The topological polar surface area (TPSA) is 29.5 Å². The Bertz CT molecular complexity index is 376. The Morgan fingerprint density at radius 3 is 2.11 bits per heavy atom. The molecule has 0 heterocycles. The van der Waals surface area contributed by atoms with Crippen LogP contribution in [0.2, 0.25) is 6.55 Å². The van der Waals surface area contributed by atoms with E-state index in [0.717, 1.165) is 19.3 Å². The van der Waals surface area contributed by atoms with Gasteiger partial charge in [-0.3, -0.25) is 0 Å². The predicted octanol–water partition coefficient (Wildman–Crippen LogP) is 3.37. The molecule has 2 unspecified atom stereocenters. The minimum absolute atomic E-state index is 0.182. The summed E-state index contributed by atoms with van der Waals surface area (Å²) in [4.78, 5) is 0. The van der Waals surface area contributed by atoms with E-state index in [1.165, 1.54) is 5.19 Å².